The Labute approximate surface area is 79.2 Å². The number of carbonyl (C=O) groups is 1. The van der Waals surface area contributed by atoms with Crippen molar-refractivity contribution in [3.8, 4) is 0 Å². The molecule has 0 spiro atoms. The monoisotopic (exact) mass is 180 g/mol. The van der Waals surface area contributed by atoms with Crippen LogP contribution >= 0.6 is 0 Å². The first-order chi connectivity index (χ1) is 5.70. The van der Waals surface area contributed by atoms with E-state index in [9.17, 15) is 4.79 Å². The second-order valence-electron chi connectivity index (χ2n) is 2.88. The van der Waals surface area contributed by atoms with Gasteiger partial charge in [0.15, 0.2) is 0 Å². The van der Waals surface area contributed by atoms with Gasteiger partial charge in [0.25, 0.3) is 0 Å². The molecule has 1 heterocycles. The molecule has 3 heteroatoms. The summed E-state index contributed by atoms with van der Waals surface area (Å²) in [5.74, 6) is 0.0411. The van der Waals surface area contributed by atoms with Gasteiger partial charge in [0.1, 0.15) is 0 Å². The lowest BCUT2D eigenvalue weighted by molar-refractivity contribution is -0.118. The summed E-state index contributed by atoms with van der Waals surface area (Å²) < 4.78 is 0. The van der Waals surface area contributed by atoms with E-state index in [-0.39, 0.29) is 19.3 Å². The quantitative estimate of drug-likeness (QED) is 0.758. The van der Waals surface area contributed by atoms with E-state index in [0.717, 1.165) is 5.69 Å². The van der Waals surface area contributed by atoms with Crippen LogP contribution in [0.1, 0.15) is 21.3 Å². The number of hydrogen-bond donors (Lipinski definition) is 1. The van der Waals surface area contributed by atoms with Crippen LogP contribution in [0.2, 0.25) is 0 Å². The molecule has 13 heavy (non-hydrogen) atoms. The SMILES string of the molecule is C.CC(C)C(=O)Nc1ccncc1. The highest BCUT2D eigenvalue weighted by atomic mass is 16.1. The summed E-state index contributed by atoms with van der Waals surface area (Å²) in [6, 6.07) is 3.53. The third-order valence-electron chi connectivity index (χ3n) is 1.47. The number of rotatable bonds is 2. The average molecular weight is 180 g/mol. The van der Waals surface area contributed by atoms with Crippen molar-refractivity contribution in [2.45, 2.75) is 21.3 Å². The normalized spacial score (nSPS) is 9.15. The standard InChI is InChI=1S/C9H12N2O.CH4/c1-7(2)9(12)11-8-3-5-10-6-4-8;/h3-7H,1-2H3,(H,10,11,12);1H4. The number of hydrogen-bond acceptors (Lipinski definition) is 2. The maximum atomic E-state index is 11.2. The molecule has 0 saturated carbocycles. The lowest BCUT2D eigenvalue weighted by Crippen LogP contribution is -2.17. The Balaban J connectivity index is 0.00000144. The van der Waals surface area contributed by atoms with Crippen LogP contribution in [0.25, 0.3) is 0 Å². The van der Waals surface area contributed by atoms with Crippen molar-refractivity contribution in [2.24, 2.45) is 5.92 Å². The topological polar surface area (TPSA) is 42.0 Å². The van der Waals surface area contributed by atoms with E-state index in [1.165, 1.54) is 0 Å². The van der Waals surface area contributed by atoms with Crippen LogP contribution in [-0.4, -0.2) is 10.9 Å². The highest BCUT2D eigenvalue weighted by molar-refractivity contribution is 5.91. The highest BCUT2D eigenvalue weighted by Gasteiger charge is 2.05. The number of amides is 1. The van der Waals surface area contributed by atoms with Gasteiger partial charge in [-0.15, -0.1) is 0 Å². The molecule has 1 aromatic heterocycles. The Hall–Kier alpha value is -1.38. The van der Waals surface area contributed by atoms with E-state index < -0.39 is 0 Å². The predicted molar refractivity (Wildman–Crippen MR) is 54.4 cm³/mol. The van der Waals surface area contributed by atoms with Crippen molar-refractivity contribution >= 4 is 11.6 Å². The Morgan fingerprint density at radius 1 is 1.38 bits per heavy atom. The average Bonchev–Trinajstić information content (AvgIpc) is 2.06. The van der Waals surface area contributed by atoms with Gasteiger partial charge in [0, 0.05) is 24.0 Å². The zero-order chi connectivity index (χ0) is 8.97. The van der Waals surface area contributed by atoms with E-state index in [1.54, 1.807) is 24.5 Å². The van der Waals surface area contributed by atoms with Crippen molar-refractivity contribution in [1.29, 1.82) is 0 Å². The van der Waals surface area contributed by atoms with Crippen molar-refractivity contribution in [3.63, 3.8) is 0 Å². The minimum Gasteiger partial charge on any atom is -0.326 e. The molecule has 1 N–H and O–H groups in total. The molecule has 1 amide bonds. The molecule has 0 fully saturated rings. The summed E-state index contributed by atoms with van der Waals surface area (Å²) in [6.45, 7) is 3.72. The number of nitrogens with one attached hydrogen (secondary N) is 1. The first-order valence-corrected chi connectivity index (χ1v) is 3.91. The fourth-order valence-electron chi connectivity index (χ4n) is 0.722. The molecule has 3 nitrogen and oxygen atoms in total. The van der Waals surface area contributed by atoms with Gasteiger partial charge in [-0.2, -0.15) is 0 Å². The zero-order valence-corrected chi connectivity index (χ0v) is 7.24. The van der Waals surface area contributed by atoms with Crippen molar-refractivity contribution < 1.29 is 4.79 Å². The lowest BCUT2D eigenvalue weighted by atomic mass is 10.2. The predicted octanol–water partition coefficient (Wildman–Crippen LogP) is 2.31. The van der Waals surface area contributed by atoms with E-state index >= 15 is 0 Å². The fourth-order valence-corrected chi connectivity index (χ4v) is 0.722. The summed E-state index contributed by atoms with van der Waals surface area (Å²) in [4.78, 5) is 15.0. The van der Waals surface area contributed by atoms with Crippen LogP contribution in [-0.2, 0) is 4.79 Å². The maximum Gasteiger partial charge on any atom is 0.226 e. The minimum absolute atomic E-state index is 0. The van der Waals surface area contributed by atoms with Gasteiger partial charge in [0.2, 0.25) is 5.91 Å². The summed E-state index contributed by atoms with van der Waals surface area (Å²) in [5.41, 5.74) is 0.795. The first kappa shape index (κ1) is 11.6. The molecule has 0 unspecified atom stereocenters. The summed E-state index contributed by atoms with van der Waals surface area (Å²) in [6.07, 6.45) is 3.30. The molecule has 0 aliphatic carbocycles. The first-order valence-electron chi connectivity index (χ1n) is 3.91. The Morgan fingerprint density at radius 2 is 1.92 bits per heavy atom. The van der Waals surface area contributed by atoms with E-state index in [0.29, 0.717) is 0 Å². The Kier molecular flexibility index (Phi) is 4.74. The van der Waals surface area contributed by atoms with Crippen LogP contribution in [0.3, 0.4) is 0 Å². The molecule has 0 aliphatic heterocycles. The second-order valence-corrected chi connectivity index (χ2v) is 2.88. The van der Waals surface area contributed by atoms with Gasteiger partial charge in [-0.1, -0.05) is 21.3 Å². The molecule has 72 valence electrons. The molecule has 0 saturated heterocycles. The third-order valence-corrected chi connectivity index (χ3v) is 1.47. The molecule has 1 aromatic rings. The molecule has 0 bridgehead atoms. The number of carbonyl (C=O) groups excluding carboxylic acids is 1. The minimum atomic E-state index is 0. The van der Waals surface area contributed by atoms with Gasteiger partial charge < -0.3 is 5.32 Å². The fraction of sp³-hybridized carbons (Fsp3) is 0.400. The van der Waals surface area contributed by atoms with Gasteiger partial charge in [-0.25, -0.2) is 0 Å². The largest absolute Gasteiger partial charge is 0.326 e. The van der Waals surface area contributed by atoms with E-state index in [1.807, 2.05) is 13.8 Å². The number of aromatic nitrogens is 1. The second kappa shape index (κ2) is 5.30. The molecule has 1 rings (SSSR count). The highest BCUT2D eigenvalue weighted by Crippen LogP contribution is 2.05. The molecular weight excluding hydrogens is 164 g/mol. The maximum absolute atomic E-state index is 11.2. The van der Waals surface area contributed by atoms with Crippen molar-refractivity contribution in [3.05, 3.63) is 24.5 Å². The lowest BCUT2D eigenvalue weighted by Gasteiger charge is -2.06. The molecular formula is C10H16N2O. The van der Waals surface area contributed by atoms with Gasteiger partial charge >= 0.3 is 0 Å². The molecule has 0 radical (unpaired) electrons. The van der Waals surface area contributed by atoms with E-state index in [2.05, 4.69) is 10.3 Å². The molecule has 0 atom stereocenters. The summed E-state index contributed by atoms with van der Waals surface area (Å²) in [5, 5.41) is 2.76. The van der Waals surface area contributed by atoms with E-state index in [4.69, 9.17) is 0 Å². The van der Waals surface area contributed by atoms with Crippen LogP contribution in [0.4, 0.5) is 5.69 Å². The number of nitrogens with zero attached hydrogens (tertiary/aromatic N) is 1. The number of anilines is 1. The summed E-state index contributed by atoms with van der Waals surface area (Å²) in [7, 11) is 0. The molecule has 0 aliphatic rings. The van der Waals surface area contributed by atoms with Gasteiger partial charge in [-0.05, 0) is 12.1 Å². The van der Waals surface area contributed by atoms with Gasteiger partial charge in [0.05, 0.1) is 0 Å². The van der Waals surface area contributed by atoms with Crippen molar-refractivity contribution in [1.82, 2.24) is 4.98 Å². The Bertz CT molecular complexity index is 257. The smallest absolute Gasteiger partial charge is 0.226 e. The summed E-state index contributed by atoms with van der Waals surface area (Å²) >= 11 is 0. The zero-order valence-electron chi connectivity index (χ0n) is 7.24. The van der Waals surface area contributed by atoms with Crippen LogP contribution in [0, 0.1) is 5.92 Å². The van der Waals surface area contributed by atoms with Crippen LogP contribution in [0.5, 0.6) is 0 Å². The molecule has 0 aromatic carbocycles. The van der Waals surface area contributed by atoms with Crippen molar-refractivity contribution in [2.75, 3.05) is 5.32 Å². The Morgan fingerprint density at radius 3 is 2.38 bits per heavy atom. The van der Waals surface area contributed by atoms with Crippen LogP contribution < -0.4 is 5.32 Å². The number of pyridine rings is 1. The van der Waals surface area contributed by atoms with Gasteiger partial charge in [-0.3, -0.25) is 9.78 Å². The third kappa shape index (κ3) is 3.69. The van der Waals surface area contributed by atoms with Crippen LogP contribution in [0.15, 0.2) is 24.5 Å².